The molecule has 78 valence electrons. The average Bonchev–Trinajstić information content (AvgIpc) is 1.95. The Morgan fingerprint density at radius 1 is 1.23 bits per heavy atom. The summed E-state index contributed by atoms with van der Waals surface area (Å²) in [5.74, 6) is -0.701. The highest BCUT2D eigenvalue weighted by Gasteiger charge is 2.12. The molecule has 0 aromatic rings. The van der Waals surface area contributed by atoms with Gasteiger partial charge in [-0.15, -0.1) is 0 Å². The molecule has 3 nitrogen and oxygen atoms in total. The van der Waals surface area contributed by atoms with Crippen molar-refractivity contribution in [1.29, 1.82) is 0 Å². The van der Waals surface area contributed by atoms with Crippen molar-refractivity contribution >= 4 is 5.97 Å². The van der Waals surface area contributed by atoms with Crippen molar-refractivity contribution in [1.82, 2.24) is 4.90 Å². The van der Waals surface area contributed by atoms with Gasteiger partial charge in [0.1, 0.15) is 0 Å². The van der Waals surface area contributed by atoms with Gasteiger partial charge in [-0.05, 0) is 40.7 Å². The van der Waals surface area contributed by atoms with Gasteiger partial charge in [-0.2, -0.15) is 0 Å². The number of nitrogens with zero attached hydrogens (tertiary/aromatic N) is 1. The van der Waals surface area contributed by atoms with E-state index >= 15 is 0 Å². The van der Waals surface area contributed by atoms with Gasteiger partial charge in [0.25, 0.3) is 0 Å². The lowest BCUT2D eigenvalue weighted by molar-refractivity contribution is -0.137. The van der Waals surface area contributed by atoms with E-state index in [1.807, 2.05) is 0 Å². The number of rotatable bonds is 6. The number of carboxylic acid groups (broad SMARTS) is 1. The Bertz CT molecular complexity index is 147. The van der Waals surface area contributed by atoms with Gasteiger partial charge in [-0.1, -0.05) is 0 Å². The standard InChI is InChI=1S/C10H21NO2/c1-8(2)11(9(3)4)7-5-6-10(12)13/h8-9H,5-7H2,1-4H3,(H,12,13). The van der Waals surface area contributed by atoms with Gasteiger partial charge in [0.15, 0.2) is 0 Å². The zero-order chi connectivity index (χ0) is 10.4. The molecular weight excluding hydrogens is 166 g/mol. The lowest BCUT2D eigenvalue weighted by atomic mass is 10.2. The molecule has 0 saturated carbocycles. The third-order valence-electron chi connectivity index (χ3n) is 2.13. The van der Waals surface area contributed by atoms with E-state index in [0.29, 0.717) is 12.1 Å². The van der Waals surface area contributed by atoms with E-state index in [2.05, 4.69) is 32.6 Å². The lowest BCUT2D eigenvalue weighted by Crippen LogP contribution is -2.37. The zero-order valence-electron chi connectivity index (χ0n) is 9.08. The van der Waals surface area contributed by atoms with Gasteiger partial charge < -0.3 is 5.11 Å². The molecule has 0 radical (unpaired) electrons. The van der Waals surface area contributed by atoms with Crippen molar-refractivity contribution in [2.75, 3.05) is 6.54 Å². The van der Waals surface area contributed by atoms with Crippen molar-refractivity contribution in [2.24, 2.45) is 0 Å². The molecule has 0 aromatic heterocycles. The summed E-state index contributed by atoms with van der Waals surface area (Å²) in [6, 6.07) is 0.989. The van der Waals surface area contributed by atoms with Crippen LogP contribution in [0.4, 0.5) is 0 Å². The van der Waals surface area contributed by atoms with Crippen LogP contribution in [0.2, 0.25) is 0 Å². The Kier molecular flexibility index (Phi) is 5.71. The molecule has 13 heavy (non-hydrogen) atoms. The first-order valence-electron chi connectivity index (χ1n) is 4.92. The number of hydrogen-bond donors (Lipinski definition) is 1. The predicted octanol–water partition coefficient (Wildman–Crippen LogP) is 1.97. The molecule has 0 atom stereocenters. The molecule has 0 spiro atoms. The van der Waals surface area contributed by atoms with Crippen molar-refractivity contribution < 1.29 is 9.90 Å². The van der Waals surface area contributed by atoms with Gasteiger partial charge in [0.2, 0.25) is 0 Å². The Balaban J connectivity index is 3.77. The summed E-state index contributed by atoms with van der Waals surface area (Å²) in [5.41, 5.74) is 0. The first-order valence-corrected chi connectivity index (χ1v) is 4.92. The molecule has 0 aromatic carbocycles. The number of hydrogen-bond acceptors (Lipinski definition) is 2. The third-order valence-corrected chi connectivity index (χ3v) is 2.13. The second kappa shape index (κ2) is 5.97. The first kappa shape index (κ1) is 12.4. The summed E-state index contributed by atoms with van der Waals surface area (Å²) in [4.78, 5) is 12.6. The summed E-state index contributed by atoms with van der Waals surface area (Å²) >= 11 is 0. The van der Waals surface area contributed by atoms with E-state index in [0.717, 1.165) is 13.0 Å². The van der Waals surface area contributed by atoms with Crippen molar-refractivity contribution in [3.05, 3.63) is 0 Å². The summed E-state index contributed by atoms with van der Waals surface area (Å²) < 4.78 is 0. The minimum Gasteiger partial charge on any atom is -0.481 e. The molecule has 0 bridgehead atoms. The minimum absolute atomic E-state index is 0.274. The van der Waals surface area contributed by atoms with Gasteiger partial charge in [-0.25, -0.2) is 0 Å². The van der Waals surface area contributed by atoms with Crippen LogP contribution in [-0.4, -0.2) is 34.6 Å². The molecule has 0 aliphatic rings. The topological polar surface area (TPSA) is 40.5 Å². The SMILES string of the molecule is CC(C)N(CCCC(=O)O)C(C)C. The molecule has 1 N–H and O–H groups in total. The fraction of sp³-hybridized carbons (Fsp3) is 0.900. The van der Waals surface area contributed by atoms with E-state index in [1.165, 1.54) is 0 Å². The van der Waals surface area contributed by atoms with Crippen LogP contribution < -0.4 is 0 Å². The second-order valence-electron chi connectivity index (χ2n) is 3.92. The Labute approximate surface area is 80.7 Å². The molecule has 0 rings (SSSR count). The lowest BCUT2D eigenvalue weighted by Gasteiger charge is -2.30. The van der Waals surface area contributed by atoms with E-state index in [9.17, 15) is 4.79 Å². The number of aliphatic carboxylic acids is 1. The minimum atomic E-state index is -0.701. The van der Waals surface area contributed by atoms with Crippen molar-refractivity contribution in [2.45, 2.75) is 52.6 Å². The monoisotopic (exact) mass is 187 g/mol. The van der Waals surface area contributed by atoms with Crippen LogP contribution >= 0.6 is 0 Å². The van der Waals surface area contributed by atoms with E-state index in [4.69, 9.17) is 5.11 Å². The normalized spacial score (nSPS) is 11.6. The fourth-order valence-electron chi connectivity index (χ4n) is 1.53. The van der Waals surface area contributed by atoms with Gasteiger partial charge in [0, 0.05) is 18.5 Å². The molecule has 0 heterocycles. The van der Waals surface area contributed by atoms with Crippen LogP contribution in [0.25, 0.3) is 0 Å². The number of carboxylic acids is 1. The van der Waals surface area contributed by atoms with Crippen LogP contribution in [-0.2, 0) is 4.79 Å². The largest absolute Gasteiger partial charge is 0.481 e. The zero-order valence-corrected chi connectivity index (χ0v) is 9.08. The number of carbonyl (C=O) groups is 1. The van der Waals surface area contributed by atoms with Crippen molar-refractivity contribution in [3.8, 4) is 0 Å². The smallest absolute Gasteiger partial charge is 0.303 e. The van der Waals surface area contributed by atoms with E-state index < -0.39 is 5.97 Å². The summed E-state index contributed by atoms with van der Waals surface area (Å²) in [6.07, 6.45) is 1.02. The molecule has 0 unspecified atom stereocenters. The van der Waals surface area contributed by atoms with Gasteiger partial charge in [-0.3, -0.25) is 9.69 Å². The summed E-state index contributed by atoms with van der Waals surface area (Å²) in [6.45, 7) is 9.44. The molecule has 0 aliphatic heterocycles. The molecule has 0 amide bonds. The maximum Gasteiger partial charge on any atom is 0.303 e. The highest BCUT2D eigenvalue weighted by atomic mass is 16.4. The highest BCUT2D eigenvalue weighted by Crippen LogP contribution is 2.06. The van der Waals surface area contributed by atoms with E-state index in [1.54, 1.807) is 0 Å². The third kappa shape index (κ3) is 5.64. The van der Waals surface area contributed by atoms with Crippen molar-refractivity contribution in [3.63, 3.8) is 0 Å². The molecule has 0 aliphatic carbocycles. The Hall–Kier alpha value is -0.570. The average molecular weight is 187 g/mol. The predicted molar refractivity (Wildman–Crippen MR) is 53.8 cm³/mol. The van der Waals surface area contributed by atoms with Crippen LogP contribution in [0.15, 0.2) is 0 Å². The molecule has 0 fully saturated rings. The highest BCUT2D eigenvalue weighted by molar-refractivity contribution is 5.66. The Morgan fingerprint density at radius 3 is 2.00 bits per heavy atom. The van der Waals surface area contributed by atoms with Gasteiger partial charge >= 0.3 is 5.97 Å². The summed E-state index contributed by atoms with van der Waals surface area (Å²) in [5, 5.41) is 8.49. The van der Waals surface area contributed by atoms with Crippen LogP contribution in [0.3, 0.4) is 0 Å². The Morgan fingerprint density at radius 2 is 1.69 bits per heavy atom. The fourth-order valence-corrected chi connectivity index (χ4v) is 1.53. The quantitative estimate of drug-likeness (QED) is 0.691. The first-order chi connectivity index (χ1) is 5.95. The van der Waals surface area contributed by atoms with Gasteiger partial charge in [0.05, 0.1) is 0 Å². The molecule has 0 saturated heterocycles. The van der Waals surface area contributed by atoms with Crippen LogP contribution in [0.1, 0.15) is 40.5 Å². The summed E-state index contributed by atoms with van der Waals surface area (Å²) in [7, 11) is 0. The van der Waals surface area contributed by atoms with Crippen LogP contribution in [0.5, 0.6) is 0 Å². The van der Waals surface area contributed by atoms with E-state index in [-0.39, 0.29) is 6.42 Å². The van der Waals surface area contributed by atoms with Crippen LogP contribution in [0, 0.1) is 0 Å². The molecule has 3 heteroatoms. The molecular formula is C10H21NO2. The second-order valence-corrected chi connectivity index (χ2v) is 3.92. The maximum absolute atomic E-state index is 10.3. The maximum atomic E-state index is 10.3.